The number of rotatable bonds is 20. The maximum Gasteiger partial charge on any atom is 0.252 e. The predicted molar refractivity (Wildman–Crippen MR) is 363 cm³/mol. The normalized spacial score (nSPS) is 12.2. The van der Waals surface area contributed by atoms with Crippen molar-refractivity contribution < 1.29 is 0 Å². The standard InChI is InChI=1S/C81H75BN2/c1-4-7-16-31-58-46-48-73-75(50-58)83(80-69(63-38-23-12-24-39-63)54-67(61-34-19-10-20-35-61)55-70(80)64-40-25-13-26-41-64)77-52-60(33-18-9-6-3)53-78-79(77)82(73)74-49-47-59(32-17-8-5-2)51-76(74)84(78)81-71(65-42-27-14-28-43-65)56-68(62-36-21-11-22-37-62)57-72(81)66-44-29-15-30-45-66/h10-15,19-30,34-57H,4-9,16-18,31-33H2,1-3H3. The summed E-state index contributed by atoms with van der Waals surface area (Å²) in [6.45, 7) is 6.93. The topological polar surface area (TPSA) is 6.48 Å². The second-order valence-corrected chi connectivity index (χ2v) is 23.3. The van der Waals surface area contributed by atoms with Crippen LogP contribution in [-0.2, 0) is 19.3 Å². The van der Waals surface area contributed by atoms with Crippen LogP contribution in [0.1, 0.15) is 95.2 Å². The van der Waals surface area contributed by atoms with E-state index < -0.39 is 0 Å². The van der Waals surface area contributed by atoms with Gasteiger partial charge in [0.25, 0.3) is 6.71 Å². The molecule has 0 spiro atoms. The molecule has 84 heavy (non-hydrogen) atoms. The summed E-state index contributed by atoms with van der Waals surface area (Å²) in [5, 5.41) is 0. The van der Waals surface area contributed by atoms with Crippen molar-refractivity contribution >= 4 is 57.2 Å². The summed E-state index contributed by atoms with van der Waals surface area (Å²) in [5.74, 6) is 0. The van der Waals surface area contributed by atoms with Crippen LogP contribution in [0.2, 0.25) is 0 Å². The van der Waals surface area contributed by atoms with Gasteiger partial charge >= 0.3 is 0 Å². The molecule has 0 unspecified atom stereocenters. The number of hydrogen-bond acceptors (Lipinski definition) is 2. The summed E-state index contributed by atoms with van der Waals surface area (Å²) in [7, 11) is 0. The van der Waals surface area contributed by atoms with Crippen LogP contribution in [-0.4, -0.2) is 6.71 Å². The number of hydrogen-bond donors (Lipinski definition) is 0. The maximum absolute atomic E-state index is 2.76. The van der Waals surface area contributed by atoms with Crippen LogP contribution >= 0.6 is 0 Å². The Morgan fingerprint density at radius 3 is 0.857 bits per heavy atom. The van der Waals surface area contributed by atoms with Crippen molar-refractivity contribution in [3.63, 3.8) is 0 Å². The molecule has 0 aliphatic carbocycles. The molecule has 2 heterocycles. The molecular formula is C81H75BN2. The Kier molecular flexibility index (Phi) is 16.1. The largest absolute Gasteiger partial charge is 0.310 e. The molecule has 2 aliphatic heterocycles. The molecule has 11 aromatic carbocycles. The third kappa shape index (κ3) is 10.7. The van der Waals surface area contributed by atoms with Crippen molar-refractivity contribution in [3.05, 3.63) is 271 Å². The molecule has 0 atom stereocenters. The van der Waals surface area contributed by atoms with Gasteiger partial charge in [0.1, 0.15) is 0 Å². The lowest BCUT2D eigenvalue weighted by Crippen LogP contribution is -2.61. The highest BCUT2D eigenvalue weighted by molar-refractivity contribution is 7.00. The van der Waals surface area contributed by atoms with Crippen molar-refractivity contribution in [3.8, 4) is 66.8 Å². The van der Waals surface area contributed by atoms with Gasteiger partial charge in [0, 0.05) is 45.0 Å². The third-order valence-corrected chi connectivity index (χ3v) is 17.7. The number of benzene rings is 11. The zero-order chi connectivity index (χ0) is 56.8. The number of unbranched alkanes of at least 4 members (excludes halogenated alkanes) is 6. The molecule has 11 aromatic rings. The van der Waals surface area contributed by atoms with Gasteiger partial charge < -0.3 is 9.80 Å². The average molecular weight is 1090 g/mol. The van der Waals surface area contributed by atoms with Gasteiger partial charge in [-0.05, 0) is 165 Å². The van der Waals surface area contributed by atoms with Gasteiger partial charge in [0.2, 0.25) is 0 Å². The Balaban J connectivity index is 1.19. The van der Waals surface area contributed by atoms with E-state index >= 15 is 0 Å². The Bertz CT molecular complexity index is 3670. The molecular weight excluding hydrogens is 1010 g/mol. The highest BCUT2D eigenvalue weighted by Gasteiger charge is 2.45. The predicted octanol–water partition coefficient (Wildman–Crippen LogP) is 21.0. The quantitative estimate of drug-likeness (QED) is 0.0554. The summed E-state index contributed by atoms with van der Waals surface area (Å²) in [6.07, 6.45) is 13.6. The maximum atomic E-state index is 2.76. The van der Waals surface area contributed by atoms with Gasteiger partial charge in [-0.1, -0.05) is 266 Å². The zero-order valence-electron chi connectivity index (χ0n) is 49.2. The van der Waals surface area contributed by atoms with Crippen LogP contribution < -0.4 is 26.2 Å². The first-order valence-corrected chi connectivity index (χ1v) is 31.3. The van der Waals surface area contributed by atoms with Crippen LogP contribution in [0.25, 0.3) is 66.8 Å². The van der Waals surface area contributed by atoms with Crippen LogP contribution in [0.5, 0.6) is 0 Å². The van der Waals surface area contributed by atoms with E-state index in [4.69, 9.17) is 0 Å². The molecule has 0 fully saturated rings. The highest BCUT2D eigenvalue weighted by atomic mass is 15.2. The second-order valence-electron chi connectivity index (χ2n) is 23.3. The van der Waals surface area contributed by atoms with E-state index in [0.29, 0.717) is 0 Å². The van der Waals surface area contributed by atoms with Gasteiger partial charge in [-0.15, -0.1) is 0 Å². The summed E-state index contributed by atoms with van der Waals surface area (Å²) >= 11 is 0. The van der Waals surface area contributed by atoms with Gasteiger partial charge in [-0.2, -0.15) is 0 Å². The second kappa shape index (κ2) is 24.9. The van der Waals surface area contributed by atoms with E-state index in [-0.39, 0.29) is 6.71 Å². The molecule has 0 saturated heterocycles. The minimum atomic E-state index is -0.0422. The molecule has 0 bridgehead atoms. The van der Waals surface area contributed by atoms with Crippen molar-refractivity contribution in [1.29, 1.82) is 0 Å². The lowest BCUT2D eigenvalue weighted by molar-refractivity contribution is 0.717. The molecule has 2 nitrogen and oxygen atoms in total. The SMILES string of the molecule is CCCCCc1ccc2c(c1)N(c1c(-c3ccccc3)cc(-c3ccccc3)cc1-c1ccccc1)c1cc(CCCCC)cc3c1B2c1ccc(CCCCC)cc1N3c1c(-c2ccccc2)cc(-c2ccccc2)cc1-c1ccccc1. The summed E-state index contributed by atoms with van der Waals surface area (Å²) in [6, 6.07) is 97.2. The first kappa shape index (κ1) is 54.3. The van der Waals surface area contributed by atoms with Crippen LogP contribution in [0.15, 0.2) is 255 Å². The van der Waals surface area contributed by atoms with Crippen LogP contribution in [0, 0.1) is 0 Å². The fraction of sp³-hybridized carbons (Fsp3) is 0.185. The zero-order valence-corrected chi connectivity index (χ0v) is 49.2. The van der Waals surface area contributed by atoms with E-state index in [1.165, 1.54) is 166 Å². The van der Waals surface area contributed by atoms with Crippen molar-refractivity contribution in [2.45, 2.75) is 97.8 Å². The monoisotopic (exact) mass is 1090 g/mol. The van der Waals surface area contributed by atoms with E-state index in [1.54, 1.807) is 0 Å². The Labute approximate surface area is 500 Å². The summed E-state index contributed by atoms with van der Waals surface area (Å²) in [5.41, 5.74) is 30.1. The Morgan fingerprint density at radius 2 is 0.548 bits per heavy atom. The van der Waals surface area contributed by atoms with E-state index in [1.807, 2.05) is 0 Å². The van der Waals surface area contributed by atoms with E-state index in [2.05, 4.69) is 285 Å². The average Bonchev–Trinajstić information content (AvgIpc) is 1.20. The van der Waals surface area contributed by atoms with Crippen molar-refractivity contribution in [2.24, 2.45) is 0 Å². The smallest absolute Gasteiger partial charge is 0.252 e. The minimum absolute atomic E-state index is 0.0422. The van der Waals surface area contributed by atoms with Gasteiger partial charge in [-0.3, -0.25) is 0 Å². The Hall–Kier alpha value is -8.92. The molecule has 0 aromatic heterocycles. The molecule has 0 saturated carbocycles. The van der Waals surface area contributed by atoms with Crippen LogP contribution in [0.3, 0.4) is 0 Å². The third-order valence-electron chi connectivity index (χ3n) is 17.7. The molecule has 0 amide bonds. The van der Waals surface area contributed by atoms with Crippen molar-refractivity contribution in [1.82, 2.24) is 0 Å². The summed E-state index contributed by atoms with van der Waals surface area (Å²) < 4.78 is 0. The van der Waals surface area contributed by atoms with Gasteiger partial charge in [-0.25, -0.2) is 0 Å². The lowest BCUT2D eigenvalue weighted by atomic mass is 9.33. The molecule has 13 rings (SSSR count). The molecule has 0 radical (unpaired) electrons. The number of fused-ring (bicyclic) bond motifs is 4. The van der Waals surface area contributed by atoms with E-state index in [9.17, 15) is 0 Å². The van der Waals surface area contributed by atoms with Gasteiger partial charge in [0.05, 0.1) is 11.4 Å². The lowest BCUT2D eigenvalue weighted by Gasteiger charge is -2.46. The van der Waals surface area contributed by atoms with E-state index in [0.717, 1.165) is 44.9 Å². The highest BCUT2D eigenvalue weighted by Crippen LogP contribution is 2.54. The first-order chi connectivity index (χ1) is 41.6. The fourth-order valence-corrected chi connectivity index (χ4v) is 13.5. The van der Waals surface area contributed by atoms with Crippen LogP contribution in [0.4, 0.5) is 34.1 Å². The Morgan fingerprint density at radius 1 is 0.262 bits per heavy atom. The summed E-state index contributed by atoms with van der Waals surface area (Å²) in [4.78, 5) is 5.52. The number of nitrogens with zero attached hydrogens (tertiary/aromatic N) is 2. The number of anilines is 6. The molecule has 0 N–H and O–H groups in total. The van der Waals surface area contributed by atoms with Crippen molar-refractivity contribution in [2.75, 3.05) is 9.80 Å². The fourth-order valence-electron chi connectivity index (χ4n) is 13.5. The van der Waals surface area contributed by atoms with Gasteiger partial charge in [0.15, 0.2) is 0 Å². The number of aryl methyl sites for hydroxylation is 3. The first-order valence-electron chi connectivity index (χ1n) is 31.3. The molecule has 2 aliphatic rings. The molecule has 3 heteroatoms. The minimum Gasteiger partial charge on any atom is -0.310 e. The molecule has 412 valence electrons.